The van der Waals surface area contributed by atoms with Gasteiger partial charge in [0.2, 0.25) is 0 Å². The third-order valence-electron chi connectivity index (χ3n) is 6.77. The van der Waals surface area contributed by atoms with Gasteiger partial charge in [-0.15, -0.1) is 0 Å². The van der Waals surface area contributed by atoms with Gasteiger partial charge in [-0.25, -0.2) is 4.79 Å². The van der Waals surface area contributed by atoms with Crippen molar-refractivity contribution in [2.24, 2.45) is 5.92 Å². The average molecular weight is 409 g/mol. The highest BCUT2D eigenvalue weighted by atomic mass is 16.6. The lowest BCUT2D eigenvalue weighted by molar-refractivity contribution is -0.00463. The number of carbonyl (C=O) groups excluding carboxylic acids is 1. The fraction of sp³-hybridized carbons (Fsp3) is 0.560. The monoisotopic (exact) mass is 408 g/mol. The normalized spacial score (nSPS) is 25.6. The predicted octanol–water partition coefficient (Wildman–Crippen LogP) is 6.01. The highest BCUT2D eigenvalue weighted by molar-refractivity contribution is 5.72. The van der Waals surface area contributed by atoms with Crippen LogP contribution < -0.4 is 5.32 Å². The van der Waals surface area contributed by atoms with E-state index in [1.807, 2.05) is 31.7 Å². The van der Waals surface area contributed by atoms with Gasteiger partial charge in [-0.1, -0.05) is 12.1 Å². The second-order valence-corrected chi connectivity index (χ2v) is 9.94. The molecule has 1 N–H and O–H groups in total. The molecule has 1 aromatic carbocycles. The SMILES string of the molecule is CC(C)(C)OC(=O)N1CCC[C@@H]2[C@@H](c3ccco3)Nc3c(ccc4c3CCCC4)[C@@H]21. The predicted molar refractivity (Wildman–Crippen MR) is 117 cm³/mol. The molecule has 1 aromatic heterocycles. The second-order valence-electron chi connectivity index (χ2n) is 9.94. The van der Waals surface area contributed by atoms with Crippen LogP contribution in [-0.2, 0) is 17.6 Å². The quantitative estimate of drug-likeness (QED) is 0.627. The van der Waals surface area contributed by atoms with E-state index in [1.54, 1.807) is 6.26 Å². The Morgan fingerprint density at radius 1 is 1.17 bits per heavy atom. The minimum atomic E-state index is -0.504. The van der Waals surface area contributed by atoms with Crippen LogP contribution in [0.2, 0.25) is 0 Å². The van der Waals surface area contributed by atoms with Crippen molar-refractivity contribution in [2.45, 2.75) is 77.0 Å². The molecule has 1 aliphatic carbocycles. The van der Waals surface area contributed by atoms with Gasteiger partial charge in [-0.05, 0) is 88.1 Å². The maximum atomic E-state index is 13.2. The molecule has 3 heterocycles. The lowest BCUT2D eigenvalue weighted by atomic mass is 9.74. The van der Waals surface area contributed by atoms with E-state index in [1.165, 1.54) is 35.2 Å². The zero-order chi connectivity index (χ0) is 20.9. The van der Waals surface area contributed by atoms with Gasteiger partial charge in [0.1, 0.15) is 11.4 Å². The summed E-state index contributed by atoms with van der Waals surface area (Å²) < 4.78 is 11.7. The van der Waals surface area contributed by atoms with Crippen molar-refractivity contribution in [3.05, 3.63) is 53.0 Å². The number of hydrogen-bond donors (Lipinski definition) is 1. The van der Waals surface area contributed by atoms with Crippen molar-refractivity contribution in [3.8, 4) is 0 Å². The third-order valence-corrected chi connectivity index (χ3v) is 6.77. The van der Waals surface area contributed by atoms with E-state index < -0.39 is 5.60 Å². The Balaban J connectivity index is 1.61. The molecule has 5 rings (SSSR count). The van der Waals surface area contributed by atoms with E-state index in [-0.39, 0.29) is 24.1 Å². The van der Waals surface area contributed by atoms with Gasteiger partial charge in [0.05, 0.1) is 18.3 Å². The minimum Gasteiger partial charge on any atom is -0.467 e. The van der Waals surface area contributed by atoms with Crippen LogP contribution in [0, 0.1) is 5.92 Å². The molecule has 0 spiro atoms. The Morgan fingerprint density at radius 2 is 2.00 bits per heavy atom. The Hall–Kier alpha value is -2.43. The molecule has 3 atom stereocenters. The number of fused-ring (bicyclic) bond motifs is 5. The van der Waals surface area contributed by atoms with Gasteiger partial charge in [-0.2, -0.15) is 0 Å². The van der Waals surface area contributed by atoms with E-state index in [9.17, 15) is 4.79 Å². The maximum Gasteiger partial charge on any atom is 0.410 e. The van der Waals surface area contributed by atoms with Crippen molar-refractivity contribution in [1.29, 1.82) is 0 Å². The zero-order valence-corrected chi connectivity index (χ0v) is 18.2. The molecule has 0 saturated carbocycles. The molecule has 1 saturated heterocycles. The smallest absolute Gasteiger partial charge is 0.410 e. The number of likely N-dealkylation sites (tertiary alicyclic amines) is 1. The second kappa shape index (κ2) is 7.36. The third kappa shape index (κ3) is 3.38. The number of anilines is 1. The average Bonchev–Trinajstić information content (AvgIpc) is 3.25. The zero-order valence-electron chi connectivity index (χ0n) is 18.2. The van der Waals surface area contributed by atoms with Gasteiger partial charge < -0.3 is 19.4 Å². The molecule has 0 bridgehead atoms. The molecule has 30 heavy (non-hydrogen) atoms. The van der Waals surface area contributed by atoms with Crippen molar-refractivity contribution in [2.75, 3.05) is 11.9 Å². The van der Waals surface area contributed by atoms with Gasteiger partial charge in [0.15, 0.2) is 0 Å². The largest absolute Gasteiger partial charge is 0.467 e. The van der Waals surface area contributed by atoms with Crippen molar-refractivity contribution in [3.63, 3.8) is 0 Å². The van der Waals surface area contributed by atoms with Gasteiger partial charge >= 0.3 is 6.09 Å². The summed E-state index contributed by atoms with van der Waals surface area (Å²) in [5.74, 6) is 1.21. The van der Waals surface area contributed by atoms with E-state index >= 15 is 0 Å². The summed E-state index contributed by atoms with van der Waals surface area (Å²) in [7, 11) is 0. The number of carbonyl (C=O) groups is 1. The van der Waals surface area contributed by atoms with Crippen LogP contribution in [0.1, 0.15) is 81.0 Å². The summed E-state index contributed by atoms with van der Waals surface area (Å²) in [6.07, 6.45) is 8.28. The summed E-state index contributed by atoms with van der Waals surface area (Å²) >= 11 is 0. The first kappa shape index (κ1) is 19.5. The number of amides is 1. The van der Waals surface area contributed by atoms with E-state index in [4.69, 9.17) is 9.15 Å². The molecule has 160 valence electrons. The first-order valence-corrected chi connectivity index (χ1v) is 11.4. The Bertz CT molecular complexity index is 929. The first-order valence-electron chi connectivity index (χ1n) is 11.4. The van der Waals surface area contributed by atoms with Crippen LogP contribution in [0.25, 0.3) is 0 Å². The Morgan fingerprint density at radius 3 is 2.77 bits per heavy atom. The molecular weight excluding hydrogens is 376 g/mol. The number of hydrogen-bond acceptors (Lipinski definition) is 4. The van der Waals surface area contributed by atoms with Crippen molar-refractivity contribution < 1.29 is 13.9 Å². The molecule has 2 aliphatic heterocycles. The van der Waals surface area contributed by atoms with Crippen LogP contribution in [0.3, 0.4) is 0 Å². The fourth-order valence-electron chi connectivity index (χ4n) is 5.57. The summed E-state index contributed by atoms with van der Waals surface area (Å²) in [5, 5.41) is 3.86. The van der Waals surface area contributed by atoms with Gasteiger partial charge in [0.25, 0.3) is 0 Å². The summed E-state index contributed by atoms with van der Waals surface area (Å²) in [6.45, 7) is 6.54. The van der Waals surface area contributed by atoms with E-state index in [0.717, 1.165) is 38.0 Å². The van der Waals surface area contributed by atoms with Crippen LogP contribution >= 0.6 is 0 Å². The molecule has 2 aromatic rings. The molecule has 5 heteroatoms. The number of nitrogens with zero attached hydrogens (tertiary/aromatic N) is 1. The van der Waals surface area contributed by atoms with Gasteiger partial charge in [-0.3, -0.25) is 0 Å². The van der Waals surface area contributed by atoms with Crippen LogP contribution in [0.15, 0.2) is 34.9 Å². The first-order chi connectivity index (χ1) is 14.4. The highest BCUT2D eigenvalue weighted by Crippen LogP contribution is 2.52. The number of furan rings is 1. The molecular formula is C25H32N2O3. The Kier molecular flexibility index (Phi) is 4.79. The number of ether oxygens (including phenoxy) is 1. The fourth-order valence-corrected chi connectivity index (χ4v) is 5.57. The summed E-state index contributed by atoms with van der Waals surface area (Å²) in [5.41, 5.74) is 4.85. The van der Waals surface area contributed by atoms with Gasteiger partial charge in [0, 0.05) is 18.2 Å². The summed E-state index contributed by atoms with van der Waals surface area (Å²) in [6, 6.07) is 8.63. The number of benzene rings is 1. The molecule has 1 amide bonds. The van der Waals surface area contributed by atoms with Crippen molar-refractivity contribution in [1.82, 2.24) is 4.90 Å². The van der Waals surface area contributed by atoms with Crippen LogP contribution in [0.5, 0.6) is 0 Å². The molecule has 1 fully saturated rings. The lowest BCUT2D eigenvalue weighted by Crippen LogP contribution is -2.49. The summed E-state index contributed by atoms with van der Waals surface area (Å²) in [4.78, 5) is 15.2. The van der Waals surface area contributed by atoms with Crippen LogP contribution in [-0.4, -0.2) is 23.1 Å². The molecule has 3 aliphatic rings. The standard InChI is InChI=1S/C25H32N2O3/c1-25(2,3)30-24(28)27-14-6-10-18-22(20-11-7-15-29-20)26-21-17-9-5-4-8-16(17)12-13-19(21)23(18)27/h7,11-13,15,18,22-23,26H,4-6,8-10,14H2,1-3H3/t18-,22+,23-/m1/s1. The number of nitrogens with one attached hydrogen (secondary N) is 1. The topological polar surface area (TPSA) is 54.7 Å². The number of aryl methyl sites for hydroxylation is 1. The van der Waals surface area contributed by atoms with Crippen molar-refractivity contribution >= 4 is 11.8 Å². The Labute approximate surface area is 178 Å². The maximum absolute atomic E-state index is 13.2. The number of rotatable bonds is 1. The lowest BCUT2D eigenvalue weighted by Gasteiger charge is -2.49. The number of piperidine rings is 1. The van der Waals surface area contributed by atoms with E-state index in [0.29, 0.717) is 0 Å². The highest BCUT2D eigenvalue weighted by Gasteiger charge is 2.46. The van der Waals surface area contributed by atoms with E-state index in [2.05, 4.69) is 23.5 Å². The molecule has 5 nitrogen and oxygen atoms in total. The van der Waals surface area contributed by atoms with Crippen LogP contribution in [0.4, 0.5) is 10.5 Å². The molecule has 0 unspecified atom stereocenters. The minimum absolute atomic E-state index is 0.00664. The molecule has 0 radical (unpaired) electrons.